The number of amides is 1. The van der Waals surface area contributed by atoms with Gasteiger partial charge in [0.15, 0.2) is 11.5 Å². The highest BCUT2D eigenvalue weighted by Crippen LogP contribution is 2.26. The van der Waals surface area contributed by atoms with E-state index in [1.54, 1.807) is 0 Å². The molecule has 1 aromatic heterocycles. The Morgan fingerprint density at radius 1 is 1.56 bits per heavy atom. The molecule has 96 valence electrons. The Morgan fingerprint density at radius 3 is 2.89 bits per heavy atom. The highest BCUT2D eigenvalue weighted by atomic mass is 32.1. The maximum atomic E-state index is 11.9. The van der Waals surface area contributed by atoms with Crippen LogP contribution in [0, 0.1) is 5.92 Å². The summed E-state index contributed by atoms with van der Waals surface area (Å²) in [6, 6.07) is 0. The maximum Gasteiger partial charge on any atom is 0.360 e. The quantitative estimate of drug-likeness (QED) is 0.639. The van der Waals surface area contributed by atoms with Gasteiger partial charge in [-0.15, -0.1) is 0 Å². The minimum atomic E-state index is -0.597. The van der Waals surface area contributed by atoms with Crippen molar-refractivity contribution >= 4 is 30.3 Å². The number of nitrogens with zero attached hydrogens (tertiary/aromatic N) is 3. The third kappa shape index (κ3) is 2.31. The lowest BCUT2D eigenvalue weighted by Gasteiger charge is -2.16. The summed E-state index contributed by atoms with van der Waals surface area (Å²) in [4.78, 5) is 32.9. The summed E-state index contributed by atoms with van der Waals surface area (Å²) in [5, 5.41) is 0. The number of carbonyl (C=O) groups excluding carboxylic acids is 2. The van der Waals surface area contributed by atoms with Crippen molar-refractivity contribution in [1.29, 1.82) is 0 Å². The average Bonchev–Trinajstić information content (AvgIpc) is 2.79. The van der Waals surface area contributed by atoms with E-state index in [9.17, 15) is 9.59 Å². The van der Waals surface area contributed by atoms with Crippen LogP contribution in [0.4, 0.5) is 5.82 Å². The molecule has 6 nitrogen and oxygen atoms in total. The number of hydrogen-bond acceptors (Lipinski definition) is 6. The molecule has 1 atom stereocenters. The van der Waals surface area contributed by atoms with Crippen molar-refractivity contribution in [3.63, 3.8) is 0 Å². The van der Waals surface area contributed by atoms with Crippen molar-refractivity contribution in [3.8, 4) is 0 Å². The topological polar surface area (TPSA) is 72.4 Å². The van der Waals surface area contributed by atoms with E-state index in [-0.39, 0.29) is 23.3 Å². The first-order valence-corrected chi connectivity index (χ1v) is 6.11. The number of ether oxygens (including phenoxy) is 1. The molecule has 0 spiro atoms. The summed E-state index contributed by atoms with van der Waals surface area (Å²) in [6.07, 6.45) is 3.26. The molecule has 1 fully saturated rings. The summed E-state index contributed by atoms with van der Waals surface area (Å²) >= 11 is 4.19. The van der Waals surface area contributed by atoms with Crippen LogP contribution >= 0.6 is 12.6 Å². The summed E-state index contributed by atoms with van der Waals surface area (Å²) < 4.78 is 4.63. The normalized spacial score (nSPS) is 19.1. The molecule has 1 aromatic rings. The SMILES string of the molecule is COC(=O)c1nccnc1N1CC(CS)CC1=O. The van der Waals surface area contributed by atoms with Crippen molar-refractivity contribution in [2.24, 2.45) is 5.92 Å². The molecule has 1 amide bonds. The number of anilines is 1. The molecule has 18 heavy (non-hydrogen) atoms. The molecule has 0 radical (unpaired) electrons. The van der Waals surface area contributed by atoms with Crippen molar-refractivity contribution < 1.29 is 14.3 Å². The van der Waals surface area contributed by atoms with Gasteiger partial charge in [-0.05, 0) is 11.7 Å². The molecular weight excluding hydrogens is 254 g/mol. The van der Waals surface area contributed by atoms with E-state index in [0.717, 1.165) is 0 Å². The summed E-state index contributed by atoms with van der Waals surface area (Å²) in [5.74, 6) is 0.391. The fraction of sp³-hybridized carbons (Fsp3) is 0.455. The van der Waals surface area contributed by atoms with E-state index in [1.807, 2.05) is 0 Å². The molecule has 7 heteroatoms. The number of hydrogen-bond donors (Lipinski definition) is 1. The van der Waals surface area contributed by atoms with Gasteiger partial charge in [0.25, 0.3) is 0 Å². The molecule has 2 heterocycles. The first kappa shape index (κ1) is 12.8. The zero-order valence-electron chi connectivity index (χ0n) is 9.87. The molecule has 0 aromatic carbocycles. The van der Waals surface area contributed by atoms with Crippen LogP contribution in [-0.4, -0.2) is 41.3 Å². The van der Waals surface area contributed by atoms with E-state index in [0.29, 0.717) is 18.7 Å². The van der Waals surface area contributed by atoms with Gasteiger partial charge >= 0.3 is 5.97 Å². The smallest absolute Gasteiger partial charge is 0.360 e. The average molecular weight is 267 g/mol. The molecule has 0 saturated carbocycles. The number of aromatic nitrogens is 2. The zero-order chi connectivity index (χ0) is 13.1. The summed E-state index contributed by atoms with van der Waals surface area (Å²) in [7, 11) is 1.27. The van der Waals surface area contributed by atoms with E-state index >= 15 is 0 Å². The summed E-state index contributed by atoms with van der Waals surface area (Å²) in [5.41, 5.74) is 0.0631. The summed E-state index contributed by atoms with van der Waals surface area (Å²) in [6.45, 7) is 0.505. The second-order valence-electron chi connectivity index (χ2n) is 3.98. The fourth-order valence-corrected chi connectivity index (χ4v) is 2.12. The number of esters is 1. The first-order valence-electron chi connectivity index (χ1n) is 5.48. The Bertz CT molecular complexity index is 480. The lowest BCUT2D eigenvalue weighted by atomic mass is 10.1. The third-order valence-electron chi connectivity index (χ3n) is 2.78. The van der Waals surface area contributed by atoms with Gasteiger partial charge in [-0.25, -0.2) is 14.8 Å². The van der Waals surface area contributed by atoms with E-state index in [2.05, 4.69) is 27.3 Å². The first-order chi connectivity index (χ1) is 8.67. The van der Waals surface area contributed by atoms with Gasteiger partial charge in [0.2, 0.25) is 5.91 Å². The zero-order valence-corrected chi connectivity index (χ0v) is 10.8. The van der Waals surface area contributed by atoms with Crippen LogP contribution in [0.1, 0.15) is 16.9 Å². The van der Waals surface area contributed by atoms with Gasteiger partial charge in [-0.2, -0.15) is 12.6 Å². The van der Waals surface area contributed by atoms with Crippen molar-refractivity contribution in [1.82, 2.24) is 9.97 Å². The van der Waals surface area contributed by atoms with Crippen molar-refractivity contribution in [2.75, 3.05) is 24.3 Å². The molecule has 0 aliphatic carbocycles. The minimum Gasteiger partial charge on any atom is -0.464 e. The van der Waals surface area contributed by atoms with Gasteiger partial charge in [-0.3, -0.25) is 9.69 Å². The van der Waals surface area contributed by atoms with Gasteiger partial charge in [-0.1, -0.05) is 0 Å². The van der Waals surface area contributed by atoms with Crippen LogP contribution < -0.4 is 4.90 Å². The monoisotopic (exact) mass is 267 g/mol. The van der Waals surface area contributed by atoms with Gasteiger partial charge in [0.05, 0.1) is 7.11 Å². The Labute approximate surface area is 110 Å². The highest BCUT2D eigenvalue weighted by Gasteiger charge is 2.33. The molecule has 0 N–H and O–H groups in total. The third-order valence-corrected chi connectivity index (χ3v) is 3.29. The van der Waals surface area contributed by atoms with Crippen LogP contribution in [0.25, 0.3) is 0 Å². The van der Waals surface area contributed by atoms with Gasteiger partial charge in [0.1, 0.15) is 0 Å². The Kier molecular flexibility index (Phi) is 3.81. The molecule has 1 aliphatic heterocycles. The second-order valence-corrected chi connectivity index (χ2v) is 4.34. The van der Waals surface area contributed by atoms with Crippen molar-refractivity contribution in [2.45, 2.75) is 6.42 Å². The Balaban J connectivity index is 2.34. The molecule has 1 aliphatic rings. The predicted octanol–water partition coefficient (Wildman–Crippen LogP) is 0.546. The molecule has 1 saturated heterocycles. The molecule has 2 rings (SSSR count). The predicted molar refractivity (Wildman–Crippen MR) is 67.7 cm³/mol. The molecule has 1 unspecified atom stereocenters. The van der Waals surface area contributed by atoms with Crippen LogP contribution in [0.3, 0.4) is 0 Å². The van der Waals surface area contributed by atoms with Crippen LogP contribution in [0.2, 0.25) is 0 Å². The van der Waals surface area contributed by atoms with Crippen LogP contribution in [-0.2, 0) is 9.53 Å². The minimum absolute atomic E-state index is 0.0631. The standard InChI is InChI=1S/C11H13N3O3S/c1-17-11(16)9-10(13-3-2-12-9)14-5-7(6-18)4-8(14)15/h2-3,7,18H,4-6H2,1H3. The van der Waals surface area contributed by atoms with Gasteiger partial charge < -0.3 is 4.74 Å². The Morgan fingerprint density at radius 2 is 2.28 bits per heavy atom. The van der Waals surface area contributed by atoms with Crippen LogP contribution in [0.15, 0.2) is 12.4 Å². The number of thiol groups is 1. The maximum absolute atomic E-state index is 11.9. The fourth-order valence-electron chi connectivity index (χ4n) is 1.88. The number of rotatable bonds is 3. The van der Waals surface area contributed by atoms with Gasteiger partial charge in [0, 0.05) is 25.4 Å². The molecule has 0 bridgehead atoms. The van der Waals surface area contributed by atoms with E-state index < -0.39 is 5.97 Å². The largest absolute Gasteiger partial charge is 0.464 e. The number of carbonyl (C=O) groups is 2. The van der Waals surface area contributed by atoms with Crippen molar-refractivity contribution in [3.05, 3.63) is 18.1 Å². The number of methoxy groups -OCH3 is 1. The second kappa shape index (κ2) is 5.34. The molecular formula is C11H13N3O3S. The van der Waals surface area contributed by atoms with Crippen LogP contribution in [0.5, 0.6) is 0 Å². The lowest BCUT2D eigenvalue weighted by molar-refractivity contribution is -0.117. The van der Waals surface area contributed by atoms with E-state index in [1.165, 1.54) is 24.4 Å². The lowest BCUT2D eigenvalue weighted by Crippen LogP contribution is -2.28. The Hall–Kier alpha value is -1.63. The highest BCUT2D eigenvalue weighted by molar-refractivity contribution is 7.80. The van der Waals surface area contributed by atoms with E-state index in [4.69, 9.17) is 0 Å².